The van der Waals surface area contributed by atoms with Crippen LogP contribution in [0, 0.1) is 5.82 Å². The third-order valence-electron chi connectivity index (χ3n) is 3.34. The number of hydrogen-bond acceptors (Lipinski definition) is 4. The molecule has 0 aliphatic rings. The largest absolute Gasteiger partial charge is 0.497 e. The molecule has 22 heavy (non-hydrogen) atoms. The predicted octanol–water partition coefficient (Wildman–Crippen LogP) is 2.63. The maximum absolute atomic E-state index is 12.9. The molecule has 0 saturated carbocycles. The molecule has 0 amide bonds. The Morgan fingerprint density at radius 3 is 2.64 bits per heavy atom. The van der Waals surface area contributed by atoms with E-state index in [1.807, 2.05) is 0 Å². The van der Waals surface area contributed by atoms with E-state index in [1.165, 1.54) is 35.9 Å². The Kier molecular flexibility index (Phi) is 3.50. The fourth-order valence-electron chi connectivity index (χ4n) is 2.19. The molecule has 0 N–H and O–H groups in total. The van der Waals surface area contributed by atoms with Crippen molar-refractivity contribution in [3.8, 4) is 5.75 Å². The zero-order chi connectivity index (χ0) is 15.7. The fraction of sp³-hybridized carbons (Fsp3) is 0.125. The van der Waals surface area contributed by atoms with E-state index in [4.69, 9.17) is 9.15 Å². The molecule has 3 rings (SSSR count). The lowest BCUT2D eigenvalue weighted by molar-refractivity contribution is 0.0970. The van der Waals surface area contributed by atoms with Gasteiger partial charge in [-0.3, -0.25) is 9.36 Å². The minimum Gasteiger partial charge on any atom is -0.497 e. The highest BCUT2D eigenvalue weighted by Gasteiger charge is 2.14. The van der Waals surface area contributed by atoms with Crippen LogP contribution in [0.3, 0.4) is 0 Å². The Labute approximate surface area is 124 Å². The molecule has 112 valence electrons. The number of rotatable bonds is 4. The molecule has 0 unspecified atom stereocenters. The summed E-state index contributed by atoms with van der Waals surface area (Å²) in [6, 6.07) is 10.1. The van der Waals surface area contributed by atoms with Gasteiger partial charge in [-0.2, -0.15) is 0 Å². The van der Waals surface area contributed by atoms with Gasteiger partial charge in [-0.05, 0) is 36.4 Å². The zero-order valence-electron chi connectivity index (χ0n) is 11.7. The van der Waals surface area contributed by atoms with Crippen LogP contribution in [-0.4, -0.2) is 17.5 Å². The molecule has 0 aliphatic carbocycles. The van der Waals surface area contributed by atoms with Crippen LogP contribution in [0.25, 0.3) is 11.1 Å². The molecule has 0 fully saturated rings. The maximum atomic E-state index is 12.9. The van der Waals surface area contributed by atoms with E-state index >= 15 is 0 Å². The average Bonchev–Trinajstić information content (AvgIpc) is 2.83. The van der Waals surface area contributed by atoms with Gasteiger partial charge in [0.25, 0.3) is 0 Å². The minimum absolute atomic E-state index is 0.177. The number of ketones is 1. The van der Waals surface area contributed by atoms with Crippen molar-refractivity contribution in [1.29, 1.82) is 0 Å². The third kappa shape index (κ3) is 2.50. The highest BCUT2D eigenvalue weighted by molar-refractivity contribution is 5.96. The summed E-state index contributed by atoms with van der Waals surface area (Å²) in [5.41, 5.74) is 1.17. The van der Waals surface area contributed by atoms with Crippen molar-refractivity contribution in [3.05, 3.63) is 64.4 Å². The standard InChI is InChI=1S/C16H12FNO4/c1-21-12-6-7-13-15(8-12)22-16(20)18(13)9-14(19)10-2-4-11(17)5-3-10/h2-8H,9H2,1H3. The highest BCUT2D eigenvalue weighted by atomic mass is 19.1. The normalized spacial score (nSPS) is 10.8. The number of carbonyl (C=O) groups is 1. The number of ether oxygens (including phenoxy) is 1. The van der Waals surface area contributed by atoms with E-state index in [2.05, 4.69) is 0 Å². The quantitative estimate of drug-likeness (QED) is 0.695. The number of oxazole rings is 1. The molecular formula is C16H12FNO4. The number of methoxy groups -OCH3 is 1. The molecule has 5 nitrogen and oxygen atoms in total. The Balaban J connectivity index is 1.96. The van der Waals surface area contributed by atoms with Crippen molar-refractivity contribution in [1.82, 2.24) is 4.57 Å². The lowest BCUT2D eigenvalue weighted by atomic mass is 10.1. The number of halogens is 1. The van der Waals surface area contributed by atoms with Gasteiger partial charge in [-0.1, -0.05) is 0 Å². The first-order chi connectivity index (χ1) is 10.6. The first-order valence-electron chi connectivity index (χ1n) is 6.54. The summed E-state index contributed by atoms with van der Waals surface area (Å²) >= 11 is 0. The second-order valence-corrected chi connectivity index (χ2v) is 4.72. The molecular weight excluding hydrogens is 289 g/mol. The van der Waals surface area contributed by atoms with Gasteiger partial charge < -0.3 is 9.15 Å². The Morgan fingerprint density at radius 2 is 1.95 bits per heavy atom. The number of carbonyl (C=O) groups excluding carboxylic acids is 1. The van der Waals surface area contributed by atoms with Crippen LogP contribution in [0.5, 0.6) is 5.75 Å². The number of fused-ring (bicyclic) bond motifs is 1. The smallest absolute Gasteiger partial charge is 0.420 e. The number of hydrogen-bond donors (Lipinski definition) is 0. The van der Waals surface area contributed by atoms with E-state index in [1.54, 1.807) is 18.2 Å². The van der Waals surface area contributed by atoms with Gasteiger partial charge in [0.15, 0.2) is 11.4 Å². The molecule has 0 atom stereocenters. The monoisotopic (exact) mass is 301 g/mol. The van der Waals surface area contributed by atoms with E-state index in [0.717, 1.165) is 0 Å². The van der Waals surface area contributed by atoms with E-state index in [-0.39, 0.29) is 12.3 Å². The summed E-state index contributed by atoms with van der Waals surface area (Å²) in [5.74, 6) is -0.799. The summed E-state index contributed by atoms with van der Waals surface area (Å²) in [5, 5.41) is 0. The number of Topliss-reactive ketones (excluding diaryl/α,β-unsaturated/α-hetero) is 1. The molecule has 1 aromatic heterocycles. The summed E-state index contributed by atoms with van der Waals surface area (Å²) in [7, 11) is 1.51. The molecule has 6 heteroatoms. The van der Waals surface area contributed by atoms with Crippen molar-refractivity contribution < 1.29 is 18.3 Å². The van der Waals surface area contributed by atoms with Crippen LogP contribution >= 0.6 is 0 Å². The molecule has 0 bridgehead atoms. The first kappa shape index (κ1) is 14.1. The Bertz CT molecular complexity index is 893. The lowest BCUT2D eigenvalue weighted by Gasteiger charge is -2.03. The van der Waals surface area contributed by atoms with Crippen LogP contribution in [0.15, 0.2) is 51.7 Å². The SMILES string of the molecule is COc1ccc2c(c1)oc(=O)n2CC(=O)c1ccc(F)cc1. The molecule has 0 saturated heterocycles. The van der Waals surface area contributed by atoms with Crippen molar-refractivity contribution in [2.45, 2.75) is 6.54 Å². The maximum Gasteiger partial charge on any atom is 0.420 e. The Morgan fingerprint density at radius 1 is 1.23 bits per heavy atom. The molecule has 3 aromatic rings. The molecule has 0 radical (unpaired) electrons. The summed E-state index contributed by atoms with van der Waals surface area (Å²) in [6.07, 6.45) is 0. The van der Waals surface area contributed by atoms with Crippen LogP contribution in [0.2, 0.25) is 0 Å². The average molecular weight is 301 g/mol. The molecule has 1 heterocycles. The Hall–Kier alpha value is -2.89. The van der Waals surface area contributed by atoms with Gasteiger partial charge in [0.2, 0.25) is 0 Å². The van der Waals surface area contributed by atoms with Gasteiger partial charge >= 0.3 is 5.76 Å². The predicted molar refractivity (Wildman–Crippen MR) is 77.8 cm³/mol. The van der Waals surface area contributed by atoms with Crippen LogP contribution in [0.4, 0.5) is 4.39 Å². The first-order valence-corrected chi connectivity index (χ1v) is 6.54. The fourth-order valence-corrected chi connectivity index (χ4v) is 2.19. The van der Waals surface area contributed by atoms with Crippen molar-refractivity contribution in [2.24, 2.45) is 0 Å². The molecule has 2 aromatic carbocycles. The second-order valence-electron chi connectivity index (χ2n) is 4.72. The van der Waals surface area contributed by atoms with E-state index < -0.39 is 11.6 Å². The number of nitrogens with zero attached hydrogens (tertiary/aromatic N) is 1. The number of aromatic nitrogens is 1. The summed E-state index contributed by atoms with van der Waals surface area (Å²) < 4.78 is 24.3. The van der Waals surface area contributed by atoms with Gasteiger partial charge in [0.1, 0.15) is 11.6 Å². The number of benzene rings is 2. The topological polar surface area (TPSA) is 61.4 Å². The molecule has 0 aliphatic heterocycles. The van der Waals surface area contributed by atoms with Crippen molar-refractivity contribution in [2.75, 3.05) is 7.11 Å². The lowest BCUT2D eigenvalue weighted by Crippen LogP contribution is -2.20. The highest BCUT2D eigenvalue weighted by Crippen LogP contribution is 2.20. The van der Waals surface area contributed by atoms with E-state index in [9.17, 15) is 14.0 Å². The van der Waals surface area contributed by atoms with E-state index in [0.29, 0.717) is 22.4 Å². The van der Waals surface area contributed by atoms with Crippen LogP contribution in [-0.2, 0) is 6.54 Å². The van der Waals surface area contributed by atoms with Crippen LogP contribution < -0.4 is 10.5 Å². The van der Waals surface area contributed by atoms with Crippen molar-refractivity contribution >= 4 is 16.9 Å². The summed E-state index contributed by atoms with van der Waals surface area (Å²) in [6.45, 7) is -0.177. The molecule has 0 spiro atoms. The van der Waals surface area contributed by atoms with Crippen LogP contribution in [0.1, 0.15) is 10.4 Å². The van der Waals surface area contributed by atoms with Gasteiger partial charge in [-0.15, -0.1) is 0 Å². The second kappa shape index (κ2) is 5.48. The zero-order valence-corrected chi connectivity index (χ0v) is 11.7. The van der Waals surface area contributed by atoms with Crippen molar-refractivity contribution in [3.63, 3.8) is 0 Å². The third-order valence-corrected chi connectivity index (χ3v) is 3.34. The summed E-state index contributed by atoms with van der Waals surface area (Å²) in [4.78, 5) is 24.1. The van der Waals surface area contributed by atoms with Gasteiger partial charge in [0, 0.05) is 11.6 Å². The van der Waals surface area contributed by atoms with Gasteiger partial charge in [0.05, 0.1) is 19.2 Å². The van der Waals surface area contributed by atoms with Gasteiger partial charge in [-0.25, -0.2) is 9.18 Å². The minimum atomic E-state index is -0.626.